The summed E-state index contributed by atoms with van der Waals surface area (Å²) in [6.45, 7) is 1.65. The molecule has 0 aliphatic carbocycles. The molecule has 4 aromatic heterocycles. The van der Waals surface area contributed by atoms with Crippen molar-refractivity contribution in [1.29, 1.82) is 0 Å². The average Bonchev–Trinajstić information content (AvgIpc) is 3.48. The van der Waals surface area contributed by atoms with Crippen LogP contribution in [-0.4, -0.2) is 57.5 Å². The van der Waals surface area contributed by atoms with Gasteiger partial charge in [0.2, 0.25) is 5.91 Å². The van der Waals surface area contributed by atoms with Gasteiger partial charge in [0.15, 0.2) is 11.5 Å². The van der Waals surface area contributed by atoms with Crippen LogP contribution < -0.4 is 11.1 Å². The SMILES string of the molecule is Cn1cc(C2(C)C(=O)Nc3nc(-c4nc(CCC(F)(F)C(F)(F)F)nc5c4cnn5C)nc(N)c32)cn1. The van der Waals surface area contributed by atoms with E-state index in [9.17, 15) is 26.7 Å². The van der Waals surface area contributed by atoms with E-state index in [1.807, 2.05) is 0 Å². The van der Waals surface area contributed by atoms with Crippen molar-refractivity contribution in [2.75, 3.05) is 11.1 Å². The van der Waals surface area contributed by atoms with Gasteiger partial charge in [-0.05, 0) is 6.92 Å². The first kappa shape index (κ1) is 24.5. The number of alkyl halides is 5. The van der Waals surface area contributed by atoms with Crippen molar-refractivity contribution in [3.8, 4) is 11.5 Å². The van der Waals surface area contributed by atoms with Gasteiger partial charge in [-0.3, -0.25) is 14.2 Å². The van der Waals surface area contributed by atoms with Crippen molar-refractivity contribution in [3.05, 3.63) is 35.5 Å². The second kappa shape index (κ2) is 7.88. The van der Waals surface area contributed by atoms with Crippen molar-refractivity contribution < 1.29 is 26.7 Å². The molecule has 0 aromatic carbocycles. The molecule has 5 heterocycles. The molecule has 5 rings (SSSR count). The van der Waals surface area contributed by atoms with E-state index in [1.165, 1.54) is 28.8 Å². The Balaban J connectivity index is 1.61. The lowest BCUT2D eigenvalue weighted by molar-refractivity contribution is -0.284. The van der Waals surface area contributed by atoms with Gasteiger partial charge < -0.3 is 11.1 Å². The monoisotopic (exact) mass is 522 g/mol. The number of amides is 1. The molecular formula is C21H19F5N10O. The second-order valence-electron chi connectivity index (χ2n) is 8.83. The van der Waals surface area contributed by atoms with E-state index in [1.54, 1.807) is 20.2 Å². The van der Waals surface area contributed by atoms with E-state index in [0.29, 0.717) is 16.5 Å². The number of carbonyl (C=O) groups is 1. The molecule has 4 aromatic rings. The van der Waals surface area contributed by atoms with Crippen molar-refractivity contribution in [2.45, 2.75) is 37.3 Å². The van der Waals surface area contributed by atoms with Crippen LogP contribution in [-0.2, 0) is 30.7 Å². The molecule has 3 N–H and O–H groups in total. The minimum atomic E-state index is -5.71. The lowest BCUT2D eigenvalue weighted by atomic mass is 9.79. The fourth-order valence-corrected chi connectivity index (χ4v) is 4.23. The van der Waals surface area contributed by atoms with E-state index in [2.05, 4.69) is 35.5 Å². The van der Waals surface area contributed by atoms with Crippen molar-refractivity contribution in [1.82, 2.24) is 39.5 Å². The molecule has 1 amide bonds. The summed E-state index contributed by atoms with van der Waals surface area (Å²) in [6, 6.07) is 0. The Morgan fingerprint density at radius 2 is 1.78 bits per heavy atom. The number of rotatable bonds is 5. The van der Waals surface area contributed by atoms with Gasteiger partial charge in [0, 0.05) is 38.7 Å². The minimum absolute atomic E-state index is 0.0159. The van der Waals surface area contributed by atoms with Gasteiger partial charge in [0.25, 0.3) is 0 Å². The van der Waals surface area contributed by atoms with Gasteiger partial charge in [0.05, 0.1) is 23.3 Å². The third-order valence-electron chi connectivity index (χ3n) is 6.33. The molecular weight excluding hydrogens is 503 g/mol. The van der Waals surface area contributed by atoms with Crippen LogP contribution in [0.4, 0.5) is 33.6 Å². The van der Waals surface area contributed by atoms with Crippen LogP contribution in [0.5, 0.6) is 0 Å². The topological polar surface area (TPSA) is 142 Å². The Labute approximate surface area is 204 Å². The first-order chi connectivity index (χ1) is 17.2. The molecule has 11 nitrogen and oxygen atoms in total. The number of aromatic nitrogens is 8. The number of fused-ring (bicyclic) bond motifs is 2. The third kappa shape index (κ3) is 3.74. The number of aryl methyl sites for hydroxylation is 3. The third-order valence-corrected chi connectivity index (χ3v) is 6.33. The summed E-state index contributed by atoms with van der Waals surface area (Å²) >= 11 is 0. The van der Waals surface area contributed by atoms with E-state index in [0.717, 1.165) is 0 Å². The standard InChI is InChI=1S/C21H19F5N10O/c1-19(9-6-28-35(2)8-9)12-14(27)32-16(33-15(12)34-18(19)37)13-10-7-29-36(3)17(10)31-11(30-13)4-5-20(22,23)21(24,25)26/h6-8H,4-5H2,1-3H3,(H3,27,32,33,34,37). The maximum absolute atomic E-state index is 13.5. The van der Waals surface area contributed by atoms with Crippen LogP contribution in [0.1, 0.15) is 30.3 Å². The van der Waals surface area contributed by atoms with E-state index in [-0.39, 0.29) is 34.6 Å². The predicted octanol–water partition coefficient (Wildman–Crippen LogP) is 2.52. The highest BCUT2D eigenvalue weighted by atomic mass is 19.4. The summed E-state index contributed by atoms with van der Waals surface area (Å²) < 4.78 is 67.9. The summed E-state index contributed by atoms with van der Waals surface area (Å²) in [5.41, 5.74) is 6.10. The Bertz CT molecular complexity index is 1560. The molecule has 0 fully saturated rings. The van der Waals surface area contributed by atoms with Gasteiger partial charge >= 0.3 is 12.1 Å². The van der Waals surface area contributed by atoms with Gasteiger partial charge in [-0.1, -0.05) is 0 Å². The maximum atomic E-state index is 13.5. The van der Waals surface area contributed by atoms with Crippen LogP contribution in [0, 0.1) is 0 Å². The lowest BCUT2D eigenvalue weighted by Gasteiger charge is -2.21. The van der Waals surface area contributed by atoms with Crippen LogP contribution in [0.25, 0.3) is 22.6 Å². The Morgan fingerprint density at radius 3 is 2.43 bits per heavy atom. The second-order valence-corrected chi connectivity index (χ2v) is 8.83. The molecule has 194 valence electrons. The smallest absolute Gasteiger partial charge is 0.383 e. The number of hydrogen-bond acceptors (Lipinski definition) is 8. The number of carbonyl (C=O) groups excluding carboxylic acids is 1. The van der Waals surface area contributed by atoms with Gasteiger partial charge in [-0.2, -0.15) is 32.1 Å². The molecule has 0 saturated carbocycles. The van der Waals surface area contributed by atoms with Crippen LogP contribution in [0.2, 0.25) is 0 Å². The molecule has 0 bridgehead atoms. The zero-order valence-corrected chi connectivity index (χ0v) is 19.6. The van der Waals surface area contributed by atoms with E-state index >= 15 is 0 Å². The highest BCUT2D eigenvalue weighted by molar-refractivity contribution is 6.09. The highest BCUT2D eigenvalue weighted by Crippen LogP contribution is 2.45. The molecule has 37 heavy (non-hydrogen) atoms. The number of hydrogen-bond donors (Lipinski definition) is 2. The summed E-state index contributed by atoms with van der Waals surface area (Å²) in [6.07, 6.45) is -3.47. The molecule has 0 radical (unpaired) electrons. The first-order valence-corrected chi connectivity index (χ1v) is 10.8. The zero-order valence-electron chi connectivity index (χ0n) is 19.6. The van der Waals surface area contributed by atoms with Crippen molar-refractivity contribution >= 4 is 28.6 Å². The fraction of sp³-hybridized carbons (Fsp3) is 0.381. The lowest BCUT2D eigenvalue weighted by Crippen LogP contribution is -2.36. The molecule has 1 aliphatic heterocycles. The summed E-state index contributed by atoms with van der Waals surface area (Å²) in [5, 5.41) is 11.2. The maximum Gasteiger partial charge on any atom is 0.453 e. The van der Waals surface area contributed by atoms with Crippen molar-refractivity contribution in [2.24, 2.45) is 14.1 Å². The molecule has 1 unspecified atom stereocenters. The number of halogens is 5. The minimum Gasteiger partial charge on any atom is -0.383 e. The summed E-state index contributed by atoms with van der Waals surface area (Å²) in [5.74, 6) is -5.66. The Kier molecular flexibility index (Phi) is 5.21. The molecule has 0 spiro atoms. The van der Waals surface area contributed by atoms with Crippen molar-refractivity contribution in [3.63, 3.8) is 0 Å². The molecule has 1 aliphatic rings. The van der Waals surface area contributed by atoms with Crippen LogP contribution >= 0.6 is 0 Å². The normalized spacial score (nSPS) is 17.9. The summed E-state index contributed by atoms with van der Waals surface area (Å²) in [4.78, 5) is 30.0. The van der Waals surface area contributed by atoms with E-state index < -0.39 is 36.3 Å². The number of nitrogen functional groups attached to an aromatic ring is 1. The Morgan fingerprint density at radius 1 is 1.05 bits per heavy atom. The quantitative estimate of drug-likeness (QED) is 0.381. The molecule has 16 heteroatoms. The first-order valence-electron chi connectivity index (χ1n) is 10.8. The molecule has 0 saturated heterocycles. The number of nitrogens with zero attached hydrogens (tertiary/aromatic N) is 8. The van der Waals surface area contributed by atoms with Gasteiger partial charge in [-0.25, -0.2) is 19.9 Å². The fourth-order valence-electron chi connectivity index (χ4n) is 4.23. The zero-order chi connectivity index (χ0) is 26.9. The largest absolute Gasteiger partial charge is 0.453 e. The van der Waals surface area contributed by atoms with Gasteiger partial charge in [0.1, 0.15) is 28.6 Å². The van der Waals surface area contributed by atoms with Gasteiger partial charge in [-0.15, -0.1) is 0 Å². The number of anilines is 2. The van der Waals surface area contributed by atoms with Crippen LogP contribution in [0.3, 0.4) is 0 Å². The average molecular weight is 522 g/mol. The van der Waals surface area contributed by atoms with Crippen LogP contribution in [0.15, 0.2) is 18.6 Å². The number of nitrogens with two attached hydrogens (primary N) is 1. The highest BCUT2D eigenvalue weighted by Gasteiger charge is 2.56. The number of nitrogens with one attached hydrogen (secondary N) is 1. The predicted molar refractivity (Wildman–Crippen MR) is 119 cm³/mol. The van der Waals surface area contributed by atoms with E-state index in [4.69, 9.17) is 5.73 Å². The Hall–Kier alpha value is -4.24. The summed E-state index contributed by atoms with van der Waals surface area (Å²) in [7, 11) is 3.21. The molecule has 1 atom stereocenters.